The number of rotatable bonds is 2. The second-order valence-corrected chi connectivity index (χ2v) is 4.87. The molecule has 0 fully saturated rings. The Morgan fingerprint density at radius 2 is 1.30 bits per heavy atom. The SMILES string of the molecule is O=C1c2ccccc2C(=O)N1c1ccc(C(=O)C(F)(F)F)cc1. The average molecular weight is 319 g/mol. The lowest BCUT2D eigenvalue weighted by molar-refractivity contribution is -0.0885. The Balaban J connectivity index is 1.94. The first-order valence-electron chi connectivity index (χ1n) is 6.50. The Kier molecular flexibility index (Phi) is 3.28. The fourth-order valence-corrected chi connectivity index (χ4v) is 2.35. The summed E-state index contributed by atoms with van der Waals surface area (Å²) in [5, 5.41) is 0. The zero-order valence-corrected chi connectivity index (χ0v) is 11.4. The molecule has 3 rings (SSSR count). The summed E-state index contributed by atoms with van der Waals surface area (Å²) in [4.78, 5) is 36.5. The van der Waals surface area contributed by atoms with Crippen LogP contribution in [0.15, 0.2) is 48.5 Å². The molecule has 116 valence electrons. The predicted octanol–water partition coefficient (Wildman–Crippen LogP) is 3.23. The Hall–Kier alpha value is -2.96. The molecule has 23 heavy (non-hydrogen) atoms. The van der Waals surface area contributed by atoms with Crippen LogP contribution in [0.1, 0.15) is 31.1 Å². The van der Waals surface area contributed by atoms with Gasteiger partial charge in [0.05, 0.1) is 16.8 Å². The van der Waals surface area contributed by atoms with Crippen molar-refractivity contribution >= 4 is 23.3 Å². The zero-order valence-electron chi connectivity index (χ0n) is 11.4. The Bertz CT molecular complexity index is 790. The molecule has 1 aliphatic heterocycles. The molecule has 0 spiro atoms. The summed E-state index contributed by atoms with van der Waals surface area (Å²) in [5.74, 6) is -3.09. The summed E-state index contributed by atoms with van der Waals surface area (Å²) >= 11 is 0. The number of Topliss-reactive ketones (excluding diaryl/α,β-unsaturated/α-hetero) is 1. The molecule has 7 heteroatoms. The van der Waals surface area contributed by atoms with Crippen molar-refractivity contribution in [1.82, 2.24) is 0 Å². The van der Waals surface area contributed by atoms with Crippen molar-refractivity contribution < 1.29 is 27.6 Å². The largest absolute Gasteiger partial charge is 0.454 e. The molecule has 0 radical (unpaired) electrons. The van der Waals surface area contributed by atoms with E-state index in [0.717, 1.165) is 29.2 Å². The molecule has 2 amide bonds. The van der Waals surface area contributed by atoms with E-state index in [0.29, 0.717) is 0 Å². The molecule has 0 aromatic heterocycles. The number of hydrogen-bond donors (Lipinski definition) is 0. The van der Waals surface area contributed by atoms with Gasteiger partial charge >= 0.3 is 6.18 Å². The predicted molar refractivity (Wildman–Crippen MR) is 74.4 cm³/mol. The lowest BCUT2D eigenvalue weighted by Crippen LogP contribution is -2.29. The molecular weight excluding hydrogens is 311 g/mol. The van der Waals surface area contributed by atoms with E-state index >= 15 is 0 Å². The van der Waals surface area contributed by atoms with Crippen LogP contribution in [0, 0.1) is 0 Å². The quantitative estimate of drug-likeness (QED) is 0.631. The van der Waals surface area contributed by atoms with Gasteiger partial charge < -0.3 is 0 Å². The minimum absolute atomic E-state index is 0.106. The molecule has 0 unspecified atom stereocenters. The van der Waals surface area contributed by atoms with Gasteiger partial charge in [-0.15, -0.1) is 0 Å². The molecule has 0 aliphatic carbocycles. The van der Waals surface area contributed by atoms with Crippen molar-refractivity contribution in [3.05, 3.63) is 65.2 Å². The van der Waals surface area contributed by atoms with Crippen LogP contribution >= 0.6 is 0 Å². The monoisotopic (exact) mass is 319 g/mol. The highest BCUT2D eigenvalue weighted by Gasteiger charge is 2.40. The van der Waals surface area contributed by atoms with Gasteiger partial charge in [0, 0.05) is 5.56 Å². The van der Waals surface area contributed by atoms with Crippen molar-refractivity contribution in [3.8, 4) is 0 Å². The first kappa shape index (κ1) is 15.0. The zero-order chi connectivity index (χ0) is 16.8. The third-order valence-corrected chi connectivity index (χ3v) is 3.44. The second-order valence-electron chi connectivity index (χ2n) is 4.87. The van der Waals surface area contributed by atoms with Crippen LogP contribution in [0.5, 0.6) is 0 Å². The van der Waals surface area contributed by atoms with Gasteiger partial charge in [0.1, 0.15) is 0 Å². The number of halogens is 3. The average Bonchev–Trinajstić information content (AvgIpc) is 2.78. The Morgan fingerprint density at radius 1 is 0.826 bits per heavy atom. The summed E-state index contributed by atoms with van der Waals surface area (Å²) in [6.45, 7) is 0. The number of ketones is 1. The minimum Gasteiger partial charge on any atom is -0.284 e. The first-order chi connectivity index (χ1) is 10.8. The minimum atomic E-state index is -4.98. The molecule has 0 saturated heterocycles. The van der Waals surface area contributed by atoms with Crippen LogP contribution < -0.4 is 4.90 Å². The standard InChI is InChI=1S/C16H8F3NO3/c17-16(18,19)13(21)9-5-7-10(8-6-9)20-14(22)11-3-1-2-4-12(11)15(20)23/h1-8H. The second kappa shape index (κ2) is 5.05. The molecule has 2 aromatic carbocycles. The van der Waals surface area contributed by atoms with Gasteiger partial charge in [0.15, 0.2) is 0 Å². The molecule has 4 nitrogen and oxygen atoms in total. The van der Waals surface area contributed by atoms with E-state index in [1.54, 1.807) is 12.1 Å². The normalized spacial score (nSPS) is 14.1. The van der Waals surface area contributed by atoms with Crippen LogP contribution in [-0.4, -0.2) is 23.8 Å². The molecular formula is C16H8F3NO3. The van der Waals surface area contributed by atoms with E-state index < -0.39 is 29.3 Å². The molecule has 0 bridgehead atoms. The Labute approximate surface area is 128 Å². The van der Waals surface area contributed by atoms with Gasteiger partial charge in [-0.25, -0.2) is 4.90 Å². The van der Waals surface area contributed by atoms with Crippen LogP contribution in [0.3, 0.4) is 0 Å². The number of benzene rings is 2. The van der Waals surface area contributed by atoms with Gasteiger partial charge in [-0.3, -0.25) is 14.4 Å². The van der Waals surface area contributed by atoms with E-state index in [4.69, 9.17) is 0 Å². The smallest absolute Gasteiger partial charge is 0.284 e. The summed E-state index contributed by atoms with van der Waals surface area (Å²) in [5.41, 5.74) is 0.00803. The third kappa shape index (κ3) is 2.40. The van der Waals surface area contributed by atoms with Crippen molar-refractivity contribution in [3.63, 3.8) is 0 Å². The maximum Gasteiger partial charge on any atom is 0.454 e. The maximum atomic E-state index is 12.4. The van der Waals surface area contributed by atoms with Crippen LogP contribution in [0.25, 0.3) is 0 Å². The van der Waals surface area contributed by atoms with Gasteiger partial charge in [0.25, 0.3) is 17.6 Å². The number of carbonyl (C=O) groups excluding carboxylic acids is 3. The fourth-order valence-electron chi connectivity index (χ4n) is 2.35. The summed E-state index contributed by atoms with van der Waals surface area (Å²) in [7, 11) is 0. The lowest BCUT2D eigenvalue weighted by Gasteiger charge is -2.14. The number of nitrogens with zero attached hydrogens (tertiary/aromatic N) is 1. The Morgan fingerprint density at radius 3 is 1.74 bits per heavy atom. The van der Waals surface area contributed by atoms with Crippen molar-refractivity contribution in [1.29, 1.82) is 0 Å². The fraction of sp³-hybridized carbons (Fsp3) is 0.0625. The van der Waals surface area contributed by atoms with Crippen molar-refractivity contribution in [2.45, 2.75) is 6.18 Å². The molecule has 1 aliphatic rings. The number of alkyl halides is 3. The highest BCUT2D eigenvalue weighted by Crippen LogP contribution is 2.29. The number of hydrogen-bond acceptors (Lipinski definition) is 3. The van der Waals surface area contributed by atoms with E-state index in [2.05, 4.69) is 0 Å². The molecule has 0 saturated carbocycles. The molecule has 0 N–H and O–H groups in total. The molecule has 2 aromatic rings. The van der Waals surface area contributed by atoms with Crippen LogP contribution in [-0.2, 0) is 0 Å². The topological polar surface area (TPSA) is 54.5 Å². The van der Waals surface area contributed by atoms with Crippen molar-refractivity contribution in [2.75, 3.05) is 4.90 Å². The van der Waals surface area contributed by atoms with Crippen molar-refractivity contribution in [2.24, 2.45) is 0 Å². The van der Waals surface area contributed by atoms with Crippen LogP contribution in [0.2, 0.25) is 0 Å². The summed E-state index contributed by atoms with van der Waals surface area (Å²) in [6.07, 6.45) is -4.98. The van der Waals surface area contributed by atoms with Gasteiger partial charge in [-0.05, 0) is 36.4 Å². The number of imide groups is 1. The van der Waals surface area contributed by atoms with Gasteiger partial charge in [0.2, 0.25) is 0 Å². The van der Waals surface area contributed by atoms with E-state index in [1.165, 1.54) is 12.1 Å². The molecule has 1 heterocycles. The number of carbonyl (C=O) groups is 3. The van der Waals surface area contributed by atoms with Crippen LogP contribution in [0.4, 0.5) is 18.9 Å². The van der Waals surface area contributed by atoms with Gasteiger partial charge in [-0.2, -0.15) is 13.2 Å². The highest BCUT2D eigenvalue weighted by atomic mass is 19.4. The summed E-state index contributed by atoms with van der Waals surface area (Å²) in [6, 6.07) is 10.4. The third-order valence-electron chi connectivity index (χ3n) is 3.44. The van der Waals surface area contributed by atoms with E-state index in [9.17, 15) is 27.6 Å². The maximum absolute atomic E-state index is 12.4. The van der Waals surface area contributed by atoms with E-state index in [-0.39, 0.29) is 16.8 Å². The number of fused-ring (bicyclic) bond motifs is 1. The first-order valence-corrected chi connectivity index (χ1v) is 6.50. The van der Waals surface area contributed by atoms with E-state index in [1.807, 2.05) is 0 Å². The highest BCUT2D eigenvalue weighted by molar-refractivity contribution is 6.34. The summed E-state index contributed by atoms with van der Waals surface area (Å²) < 4.78 is 37.1. The lowest BCUT2D eigenvalue weighted by atomic mass is 10.1. The number of amides is 2. The van der Waals surface area contributed by atoms with Gasteiger partial charge in [-0.1, -0.05) is 12.1 Å². The molecule has 0 atom stereocenters. The number of anilines is 1.